The molecule has 1 aromatic carbocycles. The molecule has 0 aliphatic carbocycles. The maximum atomic E-state index is 5.86. The Morgan fingerprint density at radius 1 is 1.46 bits per heavy atom. The van der Waals surface area contributed by atoms with Crippen LogP contribution in [0, 0.1) is 0 Å². The molecule has 0 fully saturated rings. The van der Waals surface area contributed by atoms with Gasteiger partial charge in [0, 0.05) is 4.47 Å². The van der Waals surface area contributed by atoms with E-state index in [-0.39, 0.29) is 18.4 Å². The van der Waals surface area contributed by atoms with Crippen molar-refractivity contribution in [2.24, 2.45) is 0 Å². The number of nitrogen functional groups attached to an aromatic ring is 1. The topological polar surface area (TPSA) is 52.0 Å². The summed E-state index contributed by atoms with van der Waals surface area (Å²) in [5.41, 5.74) is 6.54. The van der Waals surface area contributed by atoms with Gasteiger partial charge in [-0.15, -0.1) is 12.4 Å². The molecule has 70 valence electrons. The molecule has 0 atom stereocenters. The second-order valence-electron chi connectivity index (χ2n) is 2.29. The molecular weight excluding hydrogens is 279 g/mol. The van der Waals surface area contributed by atoms with Crippen molar-refractivity contribution in [3.63, 3.8) is 0 Å². The highest BCUT2D eigenvalue weighted by molar-refractivity contribution is 9.10. The highest BCUT2D eigenvalue weighted by Gasteiger charge is 2.07. The number of hydrogen-bond donors (Lipinski definition) is 1. The second-order valence-corrected chi connectivity index (χ2v) is 3.61. The molecule has 6 heteroatoms. The maximum absolute atomic E-state index is 5.86. The zero-order chi connectivity index (χ0) is 8.72. The number of oxazole rings is 1. The van der Waals surface area contributed by atoms with Crippen LogP contribution >= 0.6 is 39.9 Å². The van der Waals surface area contributed by atoms with Crippen LogP contribution in [0.15, 0.2) is 21.0 Å². The Morgan fingerprint density at radius 2 is 2.15 bits per heavy atom. The first-order valence-corrected chi connectivity index (χ1v) is 4.35. The van der Waals surface area contributed by atoms with Crippen molar-refractivity contribution < 1.29 is 4.42 Å². The van der Waals surface area contributed by atoms with E-state index in [1.807, 2.05) is 0 Å². The summed E-state index contributed by atoms with van der Waals surface area (Å²) in [5, 5.41) is 0.503. The highest BCUT2D eigenvalue weighted by atomic mass is 79.9. The third-order valence-corrected chi connectivity index (χ3v) is 2.16. The molecular formula is C7H5BrCl2N2O. The fourth-order valence-electron chi connectivity index (χ4n) is 0.977. The van der Waals surface area contributed by atoms with Gasteiger partial charge in [0.1, 0.15) is 5.52 Å². The fraction of sp³-hybridized carbons (Fsp3) is 0. The Bertz CT molecular complexity index is 443. The summed E-state index contributed by atoms with van der Waals surface area (Å²) >= 11 is 9.14. The number of aromatic nitrogens is 1. The van der Waals surface area contributed by atoms with E-state index < -0.39 is 0 Å². The molecule has 1 aromatic heterocycles. The van der Waals surface area contributed by atoms with Gasteiger partial charge in [-0.3, -0.25) is 0 Å². The smallest absolute Gasteiger partial charge is 0.293 e. The van der Waals surface area contributed by atoms with Crippen LogP contribution < -0.4 is 5.73 Å². The van der Waals surface area contributed by atoms with Crippen molar-refractivity contribution in [2.45, 2.75) is 0 Å². The van der Waals surface area contributed by atoms with Gasteiger partial charge in [-0.05, 0) is 12.1 Å². The number of nitrogens with two attached hydrogens (primary N) is 1. The van der Waals surface area contributed by atoms with E-state index in [1.54, 1.807) is 12.1 Å². The molecule has 2 rings (SSSR count). The van der Waals surface area contributed by atoms with Crippen LogP contribution in [0.25, 0.3) is 11.1 Å². The summed E-state index contributed by atoms with van der Waals surface area (Å²) in [6, 6.07) is 3.65. The van der Waals surface area contributed by atoms with Crippen LogP contribution in [0.5, 0.6) is 0 Å². The third-order valence-electron chi connectivity index (χ3n) is 1.43. The number of fused-ring (bicyclic) bond motifs is 1. The molecule has 13 heavy (non-hydrogen) atoms. The summed E-state index contributed by atoms with van der Waals surface area (Å²) in [7, 11) is 0. The summed E-state index contributed by atoms with van der Waals surface area (Å²) in [5.74, 6) is 0. The van der Waals surface area contributed by atoms with Crippen molar-refractivity contribution in [3.05, 3.63) is 21.6 Å². The summed E-state index contributed by atoms with van der Waals surface area (Å²) in [6.45, 7) is 0. The van der Waals surface area contributed by atoms with Gasteiger partial charge in [0.15, 0.2) is 5.58 Å². The first-order chi connectivity index (χ1) is 5.66. The molecule has 0 saturated carbocycles. The molecule has 0 aliphatic heterocycles. The van der Waals surface area contributed by atoms with Crippen LogP contribution in [0.4, 0.5) is 6.01 Å². The van der Waals surface area contributed by atoms with E-state index in [0.29, 0.717) is 16.1 Å². The van der Waals surface area contributed by atoms with Gasteiger partial charge < -0.3 is 10.2 Å². The number of hydrogen-bond acceptors (Lipinski definition) is 3. The Morgan fingerprint density at radius 3 is 2.85 bits per heavy atom. The zero-order valence-electron chi connectivity index (χ0n) is 6.25. The molecule has 0 amide bonds. The summed E-state index contributed by atoms with van der Waals surface area (Å²) in [6.07, 6.45) is 0. The average molecular weight is 284 g/mol. The van der Waals surface area contributed by atoms with Gasteiger partial charge in [0.2, 0.25) is 0 Å². The number of anilines is 1. The maximum Gasteiger partial charge on any atom is 0.293 e. The first-order valence-electron chi connectivity index (χ1n) is 3.18. The van der Waals surface area contributed by atoms with Gasteiger partial charge in [0.05, 0.1) is 5.02 Å². The molecule has 2 aromatic rings. The van der Waals surface area contributed by atoms with E-state index >= 15 is 0 Å². The molecule has 3 nitrogen and oxygen atoms in total. The normalized spacial score (nSPS) is 10.0. The van der Waals surface area contributed by atoms with E-state index in [9.17, 15) is 0 Å². The Hall–Kier alpha value is -0.450. The van der Waals surface area contributed by atoms with Crippen LogP contribution in [0.3, 0.4) is 0 Å². The van der Waals surface area contributed by atoms with E-state index in [1.165, 1.54) is 0 Å². The molecule has 0 unspecified atom stereocenters. The van der Waals surface area contributed by atoms with Gasteiger partial charge >= 0.3 is 0 Å². The second kappa shape index (κ2) is 3.74. The molecule has 0 bridgehead atoms. The van der Waals surface area contributed by atoms with Gasteiger partial charge in [0.25, 0.3) is 6.01 Å². The van der Waals surface area contributed by atoms with Crippen molar-refractivity contribution in [1.82, 2.24) is 4.98 Å². The molecule has 0 radical (unpaired) electrons. The molecule has 2 N–H and O–H groups in total. The first kappa shape index (κ1) is 10.6. The number of rotatable bonds is 0. The minimum atomic E-state index is 0. The predicted octanol–water partition coefficient (Wildman–Crippen LogP) is 3.25. The lowest BCUT2D eigenvalue weighted by molar-refractivity contribution is 0.626. The average Bonchev–Trinajstić information content (AvgIpc) is 2.29. The Balaban J connectivity index is 0.000000845. The Labute approximate surface area is 93.8 Å². The van der Waals surface area contributed by atoms with Crippen molar-refractivity contribution in [2.75, 3.05) is 5.73 Å². The number of halogens is 3. The lowest BCUT2D eigenvalue weighted by Gasteiger charge is -1.91. The fourth-order valence-corrected chi connectivity index (χ4v) is 1.81. The van der Waals surface area contributed by atoms with E-state index in [2.05, 4.69) is 20.9 Å². The van der Waals surface area contributed by atoms with Crippen LogP contribution in [-0.4, -0.2) is 4.98 Å². The van der Waals surface area contributed by atoms with Crippen LogP contribution in [0.1, 0.15) is 0 Å². The zero-order valence-corrected chi connectivity index (χ0v) is 9.41. The lowest BCUT2D eigenvalue weighted by atomic mass is 10.3. The number of benzene rings is 1. The van der Waals surface area contributed by atoms with E-state index in [0.717, 1.165) is 4.47 Å². The van der Waals surface area contributed by atoms with Gasteiger partial charge in [-0.1, -0.05) is 27.5 Å². The molecule has 1 heterocycles. The van der Waals surface area contributed by atoms with Crippen LogP contribution in [0.2, 0.25) is 5.02 Å². The highest BCUT2D eigenvalue weighted by Crippen LogP contribution is 2.28. The minimum Gasteiger partial charge on any atom is -0.422 e. The number of nitrogens with zero attached hydrogens (tertiary/aromatic N) is 1. The monoisotopic (exact) mass is 282 g/mol. The van der Waals surface area contributed by atoms with Gasteiger partial charge in [-0.2, -0.15) is 4.98 Å². The van der Waals surface area contributed by atoms with Crippen molar-refractivity contribution in [1.29, 1.82) is 0 Å². The molecule has 0 saturated heterocycles. The Kier molecular flexibility index (Phi) is 3.05. The largest absolute Gasteiger partial charge is 0.422 e. The van der Waals surface area contributed by atoms with Crippen molar-refractivity contribution >= 4 is 57.1 Å². The standard InChI is InChI=1S/C7H4BrClN2O.ClH/c8-3-1-4(9)6-5(2-3)11-7(10)12-6;/h1-2H,(H2,10,11);1H. The molecule has 0 spiro atoms. The van der Waals surface area contributed by atoms with E-state index in [4.69, 9.17) is 21.8 Å². The molecule has 0 aliphatic rings. The predicted molar refractivity (Wildman–Crippen MR) is 58.4 cm³/mol. The van der Waals surface area contributed by atoms with Gasteiger partial charge in [-0.25, -0.2) is 0 Å². The van der Waals surface area contributed by atoms with Crippen molar-refractivity contribution in [3.8, 4) is 0 Å². The summed E-state index contributed by atoms with van der Waals surface area (Å²) < 4.78 is 5.92. The lowest BCUT2D eigenvalue weighted by Crippen LogP contribution is -1.80. The van der Waals surface area contributed by atoms with Crippen LogP contribution in [-0.2, 0) is 0 Å². The quantitative estimate of drug-likeness (QED) is 0.807. The third kappa shape index (κ3) is 1.90. The summed E-state index contributed by atoms with van der Waals surface area (Å²) in [4.78, 5) is 3.93. The minimum absolute atomic E-state index is 0. The SMILES string of the molecule is Cl.Nc1nc2cc(Br)cc(Cl)c2o1.